The smallest absolute Gasteiger partial charge is 0.342 e. The number of nitrogens with one attached hydrogen (secondary N) is 2. The van der Waals surface area contributed by atoms with Crippen LogP contribution in [0.4, 0.5) is 15.3 Å². The fourth-order valence-corrected chi connectivity index (χ4v) is 6.34. The number of primary amides is 1. The van der Waals surface area contributed by atoms with E-state index in [2.05, 4.69) is 45.1 Å². The number of rotatable bonds is 8. The Morgan fingerprint density at radius 1 is 0.927 bits per heavy atom. The molecule has 1 aliphatic carbocycles. The minimum atomic E-state index is -0.560. The Morgan fingerprint density at radius 3 is 2.42 bits per heavy atom. The van der Waals surface area contributed by atoms with Crippen molar-refractivity contribution in [2.24, 2.45) is 5.73 Å². The molecule has 4 aromatic carbocycles. The number of nitrogens with two attached hydrogens (primary N) is 1. The van der Waals surface area contributed by atoms with E-state index in [1.807, 2.05) is 31.2 Å². The van der Waals surface area contributed by atoms with Crippen LogP contribution in [-0.2, 0) is 13.0 Å². The molecule has 5 N–H and O–H groups in total. The molecule has 0 atom stereocenters. The first kappa shape index (κ1) is 36.7. The van der Waals surface area contributed by atoms with Gasteiger partial charge in [-0.15, -0.1) is 0 Å². The summed E-state index contributed by atoms with van der Waals surface area (Å²) in [4.78, 5) is 36.7. The number of aromatic hydroxyl groups is 1. The van der Waals surface area contributed by atoms with Crippen molar-refractivity contribution < 1.29 is 29.0 Å². The minimum Gasteiger partial charge on any atom is -0.507 e. The summed E-state index contributed by atoms with van der Waals surface area (Å²) in [5.74, 6) is 0.896. The van der Waals surface area contributed by atoms with Gasteiger partial charge in [0.05, 0.1) is 17.1 Å². The van der Waals surface area contributed by atoms with Crippen molar-refractivity contribution in [3.8, 4) is 28.5 Å². The van der Waals surface area contributed by atoms with Crippen molar-refractivity contribution >= 4 is 35.3 Å². The summed E-state index contributed by atoms with van der Waals surface area (Å²) < 4.78 is 13.1. The van der Waals surface area contributed by atoms with Crippen LogP contribution in [0.15, 0.2) is 103 Å². The number of hydrogen-bond donors (Lipinski definition) is 4. The number of ether oxygens (including phenoxy) is 2. The van der Waals surface area contributed by atoms with Crippen LogP contribution in [-0.4, -0.2) is 49.4 Å². The lowest BCUT2D eigenvalue weighted by molar-refractivity contribution is 0.102. The van der Waals surface area contributed by atoms with Gasteiger partial charge in [0.1, 0.15) is 5.75 Å². The molecule has 3 heterocycles. The van der Waals surface area contributed by atoms with Crippen LogP contribution >= 0.6 is 11.6 Å². The molecule has 0 unspecified atom stereocenters. The first-order chi connectivity index (χ1) is 26.6. The molecule has 6 aromatic rings. The Bertz CT molecular complexity index is 2370. The molecule has 0 bridgehead atoms. The Balaban J connectivity index is 0.000000243. The van der Waals surface area contributed by atoms with Crippen molar-refractivity contribution in [1.29, 1.82) is 0 Å². The van der Waals surface area contributed by atoms with Crippen molar-refractivity contribution in [2.45, 2.75) is 45.1 Å². The van der Waals surface area contributed by atoms with Crippen molar-refractivity contribution in [2.75, 3.05) is 12.1 Å². The number of nitrogens with zero attached hydrogens (tertiary/aromatic N) is 4. The second-order valence-electron chi connectivity index (χ2n) is 13.3. The number of carbonyl (C=O) groups excluding carboxylic acids is 3. The molecule has 0 saturated heterocycles. The van der Waals surface area contributed by atoms with Crippen molar-refractivity contribution in [3.05, 3.63) is 142 Å². The number of halogens is 1. The van der Waals surface area contributed by atoms with Gasteiger partial charge in [-0.2, -0.15) is 19.6 Å². The zero-order chi connectivity index (χ0) is 38.5. The number of hydrogen-bond acceptors (Lipinski definition) is 8. The third-order valence-electron chi connectivity index (χ3n) is 9.38. The SMILES string of the molecule is Cc1ccc(Cc2ccn(C(N)=O)n2)cc1.O=C(Nc1ccc(-c2cc(C3CCC3)n(C(=O)NCc3ccccc3Cl)n2)c(O)c1)c1ccc2c(c1)OCO2. The highest BCUT2D eigenvalue weighted by Crippen LogP contribution is 2.39. The second-order valence-corrected chi connectivity index (χ2v) is 13.7. The summed E-state index contributed by atoms with van der Waals surface area (Å²) in [6.07, 6.45) is 5.32. The zero-order valence-electron chi connectivity index (χ0n) is 29.9. The molecule has 2 aromatic heterocycles. The normalized spacial score (nSPS) is 13.0. The van der Waals surface area contributed by atoms with Gasteiger partial charge in [0.2, 0.25) is 6.79 Å². The fourth-order valence-electron chi connectivity index (χ4n) is 6.13. The Labute approximate surface area is 321 Å². The third-order valence-corrected chi connectivity index (χ3v) is 9.75. The lowest BCUT2D eigenvalue weighted by atomic mass is 9.82. The Hall–Kier alpha value is -6.60. The fraction of sp³-hybridized carbons (Fsp3) is 0.195. The molecule has 280 valence electrons. The standard InChI is InChI=1S/C29H25ClN4O5.C12H13N3O/c30-22-7-2-1-4-19(22)15-31-29(37)34-24(17-5-3-6-17)14-23(33-34)21-10-9-20(13-25(21)35)32-28(36)18-8-11-26-27(12-18)39-16-38-26;1-9-2-4-10(5-3-9)8-11-6-7-15(14-11)12(13)16/h1-2,4,7-14,17,35H,3,5-6,15-16H2,(H,31,37)(H,32,36);2-7H,8H2,1H3,(H2,13,16). The molecular weight excluding hydrogens is 722 g/mol. The first-order valence-electron chi connectivity index (χ1n) is 17.7. The number of anilines is 1. The highest BCUT2D eigenvalue weighted by Gasteiger charge is 2.28. The van der Waals surface area contributed by atoms with Gasteiger partial charge in [0.15, 0.2) is 11.5 Å². The van der Waals surface area contributed by atoms with E-state index in [1.54, 1.807) is 48.7 Å². The van der Waals surface area contributed by atoms with E-state index in [-0.39, 0.29) is 36.9 Å². The van der Waals surface area contributed by atoms with E-state index < -0.39 is 6.03 Å². The predicted octanol–water partition coefficient (Wildman–Crippen LogP) is 7.62. The lowest BCUT2D eigenvalue weighted by Gasteiger charge is -2.25. The average Bonchev–Trinajstić information content (AvgIpc) is 3.92. The maximum Gasteiger partial charge on any atom is 0.342 e. The van der Waals surface area contributed by atoms with E-state index in [0.29, 0.717) is 45.5 Å². The molecule has 55 heavy (non-hydrogen) atoms. The van der Waals surface area contributed by atoms with Gasteiger partial charge in [0, 0.05) is 53.0 Å². The lowest BCUT2D eigenvalue weighted by Crippen LogP contribution is -2.31. The molecule has 14 heteroatoms. The van der Waals surface area contributed by atoms with Crippen LogP contribution in [0.25, 0.3) is 11.3 Å². The summed E-state index contributed by atoms with van der Waals surface area (Å²) >= 11 is 6.23. The number of aryl methyl sites for hydroxylation is 1. The summed E-state index contributed by atoms with van der Waals surface area (Å²) in [5.41, 5.74) is 11.7. The van der Waals surface area contributed by atoms with Gasteiger partial charge >= 0.3 is 12.1 Å². The summed E-state index contributed by atoms with van der Waals surface area (Å²) in [6, 6.07) is 28.0. The molecule has 2 aliphatic rings. The quantitative estimate of drug-likeness (QED) is 0.123. The number of carbonyl (C=O) groups is 3. The van der Waals surface area contributed by atoms with E-state index in [1.165, 1.54) is 21.9 Å². The Morgan fingerprint density at radius 2 is 1.71 bits per heavy atom. The molecular formula is C41H38ClN7O6. The van der Waals surface area contributed by atoms with Crippen LogP contribution in [0, 0.1) is 6.92 Å². The molecule has 13 nitrogen and oxygen atoms in total. The zero-order valence-corrected chi connectivity index (χ0v) is 30.6. The average molecular weight is 760 g/mol. The van der Waals surface area contributed by atoms with Crippen LogP contribution < -0.4 is 25.8 Å². The number of benzene rings is 4. The first-order valence-corrected chi connectivity index (χ1v) is 18.0. The molecule has 8 rings (SSSR count). The minimum absolute atomic E-state index is 0.0697. The highest BCUT2D eigenvalue weighted by molar-refractivity contribution is 6.31. The van der Waals surface area contributed by atoms with Gasteiger partial charge in [-0.3, -0.25) is 4.79 Å². The largest absolute Gasteiger partial charge is 0.507 e. The van der Waals surface area contributed by atoms with Crippen LogP contribution in [0.3, 0.4) is 0 Å². The number of phenols is 1. The molecule has 1 saturated carbocycles. The molecule has 3 amide bonds. The summed E-state index contributed by atoms with van der Waals surface area (Å²) in [5, 5.41) is 25.7. The topological polar surface area (TPSA) is 176 Å². The number of amides is 3. The molecule has 0 radical (unpaired) electrons. The van der Waals surface area contributed by atoms with Crippen LogP contribution in [0.1, 0.15) is 63.6 Å². The maximum atomic E-state index is 13.1. The van der Waals surface area contributed by atoms with Crippen LogP contribution in [0.2, 0.25) is 5.02 Å². The van der Waals surface area contributed by atoms with Crippen molar-refractivity contribution in [3.63, 3.8) is 0 Å². The van der Waals surface area contributed by atoms with E-state index >= 15 is 0 Å². The van der Waals surface area contributed by atoms with Crippen molar-refractivity contribution in [1.82, 2.24) is 24.9 Å². The summed E-state index contributed by atoms with van der Waals surface area (Å²) in [6.45, 7) is 2.43. The van der Waals surface area contributed by atoms with Gasteiger partial charge in [-0.1, -0.05) is 66.0 Å². The highest BCUT2D eigenvalue weighted by atomic mass is 35.5. The molecule has 1 aliphatic heterocycles. The van der Waals surface area contributed by atoms with E-state index in [9.17, 15) is 19.5 Å². The third kappa shape index (κ3) is 8.63. The monoisotopic (exact) mass is 759 g/mol. The van der Waals surface area contributed by atoms with E-state index in [4.69, 9.17) is 26.8 Å². The van der Waals surface area contributed by atoms with Gasteiger partial charge in [0.25, 0.3) is 5.91 Å². The molecule has 1 fully saturated rings. The van der Waals surface area contributed by atoms with Gasteiger partial charge < -0.3 is 30.9 Å². The van der Waals surface area contributed by atoms with Crippen LogP contribution in [0.5, 0.6) is 17.2 Å². The van der Waals surface area contributed by atoms with Gasteiger partial charge in [-0.05, 0) is 79.4 Å². The number of aromatic nitrogens is 4. The van der Waals surface area contributed by atoms with E-state index in [0.717, 1.165) is 40.9 Å². The summed E-state index contributed by atoms with van der Waals surface area (Å²) in [7, 11) is 0. The maximum absolute atomic E-state index is 13.1. The predicted molar refractivity (Wildman–Crippen MR) is 207 cm³/mol. The molecule has 0 spiro atoms. The second kappa shape index (κ2) is 16.2. The number of fused-ring (bicyclic) bond motifs is 1. The number of phenolic OH excluding ortho intramolecular Hbond substituents is 1. The van der Waals surface area contributed by atoms with Gasteiger partial charge in [-0.25, -0.2) is 9.59 Å². The Kier molecular flexibility index (Phi) is 10.8.